The summed E-state index contributed by atoms with van der Waals surface area (Å²) in [4.78, 5) is 14.6. The van der Waals surface area contributed by atoms with Crippen molar-refractivity contribution in [3.05, 3.63) is 21.8 Å². The van der Waals surface area contributed by atoms with Crippen molar-refractivity contribution in [2.24, 2.45) is 0 Å². The van der Waals surface area contributed by atoms with Crippen LogP contribution >= 0.6 is 27.5 Å². The number of carbonyl (C=O) groups is 1. The van der Waals surface area contributed by atoms with Crippen LogP contribution in [-0.4, -0.2) is 33.3 Å². The molecule has 1 aromatic rings. The molecule has 0 bridgehead atoms. The van der Waals surface area contributed by atoms with Crippen molar-refractivity contribution in [2.75, 3.05) is 11.9 Å². The van der Waals surface area contributed by atoms with Gasteiger partial charge in [-0.2, -0.15) is 0 Å². The van der Waals surface area contributed by atoms with Gasteiger partial charge in [0.25, 0.3) is 0 Å². The molecule has 1 rings (SSSR count). The topological polar surface area (TPSA) is 82.5 Å². The summed E-state index contributed by atoms with van der Waals surface area (Å²) in [7, 11) is 0. The van der Waals surface area contributed by atoms with Gasteiger partial charge in [-0.1, -0.05) is 11.6 Å². The zero-order chi connectivity index (χ0) is 12.3. The fourth-order valence-electron chi connectivity index (χ4n) is 0.876. The fourth-order valence-corrected chi connectivity index (χ4v) is 1.57. The summed E-state index contributed by atoms with van der Waals surface area (Å²) in [6.45, 7) is 1.01. The molecule has 0 saturated carbocycles. The van der Waals surface area contributed by atoms with Crippen LogP contribution in [-0.2, 0) is 4.79 Å². The van der Waals surface area contributed by atoms with Crippen LogP contribution in [0.15, 0.2) is 16.7 Å². The van der Waals surface area contributed by atoms with E-state index in [-0.39, 0.29) is 6.54 Å². The third-order valence-electron chi connectivity index (χ3n) is 1.87. The lowest BCUT2D eigenvalue weighted by Gasteiger charge is -2.19. The van der Waals surface area contributed by atoms with E-state index >= 15 is 0 Å². The summed E-state index contributed by atoms with van der Waals surface area (Å²) in [5.74, 6) is -0.986. The molecule has 1 aromatic heterocycles. The molecule has 0 amide bonds. The molecular formula is C9H10BrClN2O3. The van der Waals surface area contributed by atoms with Gasteiger partial charge in [0.15, 0.2) is 5.60 Å². The first kappa shape index (κ1) is 13.2. The summed E-state index contributed by atoms with van der Waals surface area (Å²) in [6.07, 6.45) is 1.52. The van der Waals surface area contributed by atoms with Crippen LogP contribution in [0.2, 0.25) is 5.02 Å². The molecule has 0 radical (unpaired) electrons. The number of anilines is 1. The van der Waals surface area contributed by atoms with E-state index in [0.717, 1.165) is 0 Å². The monoisotopic (exact) mass is 308 g/mol. The largest absolute Gasteiger partial charge is 0.479 e. The van der Waals surface area contributed by atoms with Crippen molar-refractivity contribution in [3.8, 4) is 0 Å². The van der Waals surface area contributed by atoms with Crippen LogP contribution in [0.3, 0.4) is 0 Å². The van der Waals surface area contributed by atoms with Crippen molar-refractivity contribution < 1.29 is 15.0 Å². The second-order valence-electron chi connectivity index (χ2n) is 3.42. The zero-order valence-corrected chi connectivity index (χ0v) is 10.7. The lowest BCUT2D eigenvalue weighted by molar-refractivity contribution is -0.155. The number of nitrogens with one attached hydrogen (secondary N) is 1. The summed E-state index contributed by atoms with van der Waals surface area (Å²) >= 11 is 9.05. The molecule has 16 heavy (non-hydrogen) atoms. The third kappa shape index (κ3) is 3.33. The Bertz CT molecular complexity index is 412. The molecule has 0 aliphatic rings. The Kier molecular flexibility index (Phi) is 4.12. The van der Waals surface area contributed by atoms with E-state index in [1.165, 1.54) is 13.1 Å². The first-order valence-corrected chi connectivity index (χ1v) is 5.51. The molecule has 5 nitrogen and oxygen atoms in total. The number of hydrogen-bond acceptors (Lipinski definition) is 4. The molecule has 0 fully saturated rings. The highest BCUT2D eigenvalue weighted by atomic mass is 79.9. The highest BCUT2D eigenvalue weighted by Crippen LogP contribution is 2.23. The predicted octanol–water partition coefficient (Wildman–Crippen LogP) is 1.75. The number of aromatic nitrogens is 1. The molecule has 1 heterocycles. The smallest absolute Gasteiger partial charge is 0.337 e. The number of carboxylic acids is 1. The lowest BCUT2D eigenvalue weighted by Crippen LogP contribution is -2.42. The Hall–Kier alpha value is -0.850. The van der Waals surface area contributed by atoms with E-state index in [1.807, 2.05) is 0 Å². The van der Waals surface area contributed by atoms with Gasteiger partial charge in [-0.15, -0.1) is 0 Å². The Morgan fingerprint density at radius 2 is 2.38 bits per heavy atom. The molecule has 7 heteroatoms. The first-order chi connectivity index (χ1) is 7.33. The fraction of sp³-hybridized carbons (Fsp3) is 0.333. The molecule has 1 unspecified atom stereocenters. The zero-order valence-electron chi connectivity index (χ0n) is 8.37. The Balaban J connectivity index is 2.72. The van der Waals surface area contributed by atoms with Gasteiger partial charge in [0.1, 0.15) is 5.82 Å². The van der Waals surface area contributed by atoms with Crippen LogP contribution in [0.5, 0.6) is 0 Å². The van der Waals surface area contributed by atoms with Crippen LogP contribution in [0, 0.1) is 0 Å². The first-order valence-electron chi connectivity index (χ1n) is 4.33. The van der Waals surface area contributed by atoms with E-state index in [4.69, 9.17) is 16.7 Å². The number of rotatable bonds is 4. The molecule has 0 saturated heterocycles. The van der Waals surface area contributed by atoms with E-state index in [1.54, 1.807) is 6.07 Å². The molecule has 0 aliphatic carbocycles. The highest BCUT2D eigenvalue weighted by molar-refractivity contribution is 9.10. The number of hydrogen-bond donors (Lipinski definition) is 3. The summed E-state index contributed by atoms with van der Waals surface area (Å²) in [5, 5.41) is 21.1. The third-order valence-corrected chi connectivity index (χ3v) is 2.59. The van der Waals surface area contributed by atoms with Gasteiger partial charge in [0.05, 0.1) is 11.6 Å². The van der Waals surface area contributed by atoms with Gasteiger partial charge in [-0.25, -0.2) is 9.78 Å². The number of carboxylic acid groups (broad SMARTS) is 1. The summed E-state index contributed by atoms with van der Waals surface area (Å²) in [5.41, 5.74) is -1.86. The Labute approximate surface area is 106 Å². The number of halogens is 2. The molecule has 0 aliphatic heterocycles. The molecule has 3 N–H and O–H groups in total. The number of nitrogens with zero attached hydrogens (tertiary/aromatic N) is 1. The minimum absolute atomic E-state index is 0.184. The van der Waals surface area contributed by atoms with Crippen molar-refractivity contribution >= 4 is 39.3 Å². The minimum atomic E-state index is -1.86. The maximum Gasteiger partial charge on any atom is 0.337 e. The maximum absolute atomic E-state index is 10.6. The quantitative estimate of drug-likeness (QED) is 0.789. The van der Waals surface area contributed by atoms with E-state index < -0.39 is 11.6 Å². The Morgan fingerprint density at radius 3 is 2.88 bits per heavy atom. The van der Waals surface area contributed by atoms with Gasteiger partial charge in [-0.05, 0) is 28.9 Å². The van der Waals surface area contributed by atoms with Crippen molar-refractivity contribution in [1.82, 2.24) is 4.98 Å². The van der Waals surface area contributed by atoms with Crippen LogP contribution in [0.1, 0.15) is 6.92 Å². The summed E-state index contributed by atoms with van der Waals surface area (Å²) < 4.78 is 0.716. The van der Waals surface area contributed by atoms with E-state index in [9.17, 15) is 9.90 Å². The maximum atomic E-state index is 10.6. The normalized spacial score (nSPS) is 14.2. The number of aliphatic hydroxyl groups is 1. The van der Waals surface area contributed by atoms with Crippen LogP contribution in [0.25, 0.3) is 0 Å². The van der Waals surface area contributed by atoms with Crippen molar-refractivity contribution in [1.29, 1.82) is 0 Å². The average molecular weight is 310 g/mol. The van der Waals surface area contributed by atoms with Crippen LogP contribution in [0.4, 0.5) is 5.82 Å². The van der Waals surface area contributed by atoms with E-state index in [0.29, 0.717) is 15.3 Å². The summed E-state index contributed by atoms with van der Waals surface area (Å²) in [6, 6.07) is 1.62. The minimum Gasteiger partial charge on any atom is -0.479 e. The lowest BCUT2D eigenvalue weighted by atomic mass is 10.1. The second-order valence-corrected chi connectivity index (χ2v) is 4.74. The van der Waals surface area contributed by atoms with Gasteiger partial charge in [-0.3, -0.25) is 0 Å². The van der Waals surface area contributed by atoms with Gasteiger partial charge in [0.2, 0.25) is 0 Å². The SMILES string of the molecule is CC(O)(CNc1ncc(Br)cc1Cl)C(=O)O. The van der Waals surface area contributed by atoms with Gasteiger partial charge in [0, 0.05) is 10.7 Å². The van der Waals surface area contributed by atoms with Crippen molar-refractivity contribution in [2.45, 2.75) is 12.5 Å². The molecule has 1 atom stereocenters. The Morgan fingerprint density at radius 1 is 1.75 bits per heavy atom. The van der Waals surface area contributed by atoms with Gasteiger partial charge < -0.3 is 15.5 Å². The van der Waals surface area contributed by atoms with Crippen molar-refractivity contribution in [3.63, 3.8) is 0 Å². The van der Waals surface area contributed by atoms with E-state index in [2.05, 4.69) is 26.2 Å². The average Bonchev–Trinajstić information content (AvgIpc) is 2.16. The van der Waals surface area contributed by atoms with Crippen LogP contribution < -0.4 is 5.32 Å². The molecule has 88 valence electrons. The molecular weight excluding hydrogens is 299 g/mol. The molecule has 0 aromatic carbocycles. The number of pyridine rings is 1. The number of aliphatic carboxylic acids is 1. The standard InChI is InChI=1S/C9H10BrClN2O3/c1-9(16,8(14)15)4-13-7-6(11)2-5(10)3-12-7/h2-3,16H,4H2,1H3,(H,12,13)(H,14,15). The predicted molar refractivity (Wildman–Crippen MR) is 63.7 cm³/mol. The second kappa shape index (κ2) is 4.99. The molecule has 0 spiro atoms. The highest BCUT2D eigenvalue weighted by Gasteiger charge is 2.29. The van der Waals surface area contributed by atoms with Gasteiger partial charge >= 0.3 is 5.97 Å².